The molecule has 2 aromatic heterocycles. The minimum Gasteiger partial charge on any atom is -0.338 e. The van der Waals surface area contributed by atoms with Crippen molar-refractivity contribution >= 4 is 34.2 Å². The molecule has 0 saturated heterocycles. The summed E-state index contributed by atoms with van der Waals surface area (Å²) in [6.45, 7) is 0. The second-order valence-corrected chi connectivity index (χ2v) is 7.72. The Bertz CT molecular complexity index is 1510. The number of nitrogens with zero attached hydrogens (tertiary/aromatic N) is 2. The van der Waals surface area contributed by atoms with Gasteiger partial charge in [0.2, 0.25) is 0 Å². The normalized spacial score (nSPS) is 11.6. The molecule has 0 bridgehead atoms. The Morgan fingerprint density at radius 1 is 0.531 bits per heavy atom. The van der Waals surface area contributed by atoms with E-state index in [1.165, 1.54) is 0 Å². The van der Waals surface area contributed by atoms with Crippen LogP contribution >= 0.6 is 0 Å². The first-order valence-electron chi connectivity index (χ1n) is 10.6. The molecule has 0 atom stereocenters. The van der Waals surface area contributed by atoms with Gasteiger partial charge < -0.3 is 9.97 Å². The SMILES string of the molecule is C(=Cc1cccc(-c2nc3ccccc3[nH]2)c1-c1nc2ccccc2[nH]1)c1ccccc1. The number of hydrogen-bond acceptors (Lipinski definition) is 2. The first-order chi connectivity index (χ1) is 15.8. The number of benzene rings is 4. The molecule has 0 fully saturated rings. The molecule has 4 heteroatoms. The summed E-state index contributed by atoms with van der Waals surface area (Å²) in [5.74, 6) is 1.66. The number of fused-ring (bicyclic) bond motifs is 2. The van der Waals surface area contributed by atoms with Crippen LogP contribution in [0.3, 0.4) is 0 Å². The van der Waals surface area contributed by atoms with Gasteiger partial charge in [-0.25, -0.2) is 9.97 Å². The van der Waals surface area contributed by atoms with E-state index in [9.17, 15) is 0 Å². The van der Waals surface area contributed by atoms with Crippen molar-refractivity contribution in [3.8, 4) is 22.8 Å². The monoisotopic (exact) mass is 412 g/mol. The van der Waals surface area contributed by atoms with E-state index in [1.807, 2.05) is 60.7 Å². The highest BCUT2D eigenvalue weighted by molar-refractivity contribution is 5.92. The topological polar surface area (TPSA) is 57.4 Å². The molecule has 0 spiro atoms. The number of H-pyrrole nitrogens is 2. The third-order valence-corrected chi connectivity index (χ3v) is 5.62. The standard InChI is InChI=1S/C28H20N4/c1-2-9-19(10-3-1)17-18-20-11-8-12-21(27-29-22-13-4-5-14-23(22)30-27)26(20)28-31-24-15-6-7-16-25(24)32-28/h1-18H,(H,29,30)(H,31,32). The molecule has 0 saturated carbocycles. The average Bonchev–Trinajstić information content (AvgIpc) is 3.47. The third kappa shape index (κ3) is 3.28. The van der Waals surface area contributed by atoms with Gasteiger partial charge in [0, 0.05) is 11.1 Å². The van der Waals surface area contributed by atoms with Crippen molar-refractivity contribution in [3.63, 3.8) is 0 Å². The molecule has 0 unspecified atom stereocenters. The number of aromatic nitrogens is 4. The summed E-state index contributed by atoms with van der Waals surface area (Å²) in [4.78, 5) is 16.8. The fraction of sp³-hybridized carbons (Fsp3) is 0. The van der Waals surface area contributed by atoms with Gasteiger partial charge in [-0.1, -0.05) is 84.9 Å². The zero-order chi connectivity index (χ0) is 21.3. The van der Waals surface area contributed by atoms with Crippen LogP contribution in [0.15, 0.2) is 97.1 Å². The average molecular weight is 412 g/mol. The molecule has 4 aromatic carbocycles. The zero-order valence-electron chi connectivity index (χ0n) is 17.3. The predicted octanol–water partition coefficient (Wildman–Crippen LogP) is 6.94. The van der Waals surface area contributed by atoms with Crippen LogP contribution < -0.4 is 0 Å². The van der Waals surface area contributed by atoms with Crippen molar-refractivity contribution in [3.05, 3.63) is 108 Å². The summed E-state index contributed by atoms with van der Waals surface area (Å²) in [7, 11) is 0. The molecule has 0 aliphatic rings. The van der Waals surface area contributed by atoms with Gasteiger partial charge in [0.25, 0.3) is 0 Å². The molecule has 152 valence electrons. The highest BCUT2D eigenvalue weighted by Gasteiger charge is 2.17. The molecule has 0 amide bonds. The van der Waals surface area contributed by atoms with Crippen molar-refractivity contribution in [1.29, 1.82) is 0 Å². The molecule has 32 heavy (non-hydrogen) atoms. The van der Waals surface area contributed by atoms with Crippen molar-refractivity contribution in [2.75, 3.05) is 0 Å². The number of hydrogen-bond donors (Lipinski definition) is 2. The highest BCUT2D eigenvalue weighted by Crippen LogP contribution is 2.35. The van der Waals surface area contributed by atoms with E-state index in [0.717, 1.165) is 56.0 Å². The molecular formula is C28H20N4. The lowest BCUT2D eigenvalue weighted by molar-refractivity contribution is 1.29. The van der Waals surface area contributed by atoms with Crippen LogP contribution in [0.25, 0.3) is 57.0 Å². The van der Waals surface area contributed by atoms with E-state index >= 15 is 0 Å². The van der Waals surface area contributed by atoms with Gasteiger partial charge in [0.15, 0.2) is 0 Å². The Labute approximate surface area is 185 Å². The first kappa shape index (κ1) is 18.3. The van der Waals surface area contributed by atoms with Crippen molar-refractivity contribution in [2.24, 2.45) is 0 Å². The van der Waals surface area contributed by atoms with E-state index in [-0.39, 0.29) is 0 Å². The van der Waals surface area contributed by atoms with Crippen LogP contribution in [0.4, 0.5) is 0 Å². The maximum atomic E-state index is 4.91. The van der Waals surface area contributed by atoms with Gasteiger partial charge in [0.1, 0.15) is 11.6 Å². The minimum absolute atomic E-state index is 0.829. The lowest BCUT2D eigenvalue weighted by atomic mass is 9.98. The first-order valence-corrected chi connectivity index (χ1v) is 10.6. The van der Waals surface area contributed by atoms with Gasteiger partial charge in [-0.05, 0) is 35.4 Å². The van der Waals surface area contributed by atoms with E-state index in [4.69, 9.17) is 9.97 Å². The zero-order valence-corrected chi connectivity index (χ0v) is 17.3. The summed E-state index contributed by atoms with van der Waals surface area (Å²) in [6, 6.07) is 32.8. The molecule has 6 aromatic rings. The Kier molecular flexibility index (Phi) is 4.40. The number of aromatic amines is 2. The molecular weight excluding hydrogens is 392 g/mol. The maximum Gasteiger partial charge on any atom is 0.139 e. The van der Waals surface area contributed by atoms with Crippen molar-refractivity contribution < 1.29 is 0 Å². The van der Waals surface area contributed by atoms with Gasteiger partial charge in [-0.2, -0.15) is 0 Å². The van der Waals surface area contributed by atoms with Gasteiger partial charge in [0.05, 0.1) is 22.1 Å². The fourth-order valence-electron chi connectivity index (χ4n) is 4.07. The molecule has 2 heterocycles. The Balaban J connectivity index is 1.57. The van der Waals surface area contributed by atoms with Gasteiger partial charge >= 0.3 is 0 Å². The summed E-state index contributed by atoms with van der Waals surface area (Å²) < 4.78 is 0. The van der Waals surface area contributed by atoms with E-state index < -0.39 is 0 Å². The van der Waals surface area contributed by atoms with Crippen LogP contribution in [0, 0.1) is 0 Å². The molecule has 0 radical (unpaired) electrons. The number of rotatable bonds is 4. The van der Waals surface area contributed by atoms with Gasteiger partial charge in [-0.3, -0.25) is 0 Å². The van der Waals surface area contributed by atoms with E-state index in [0.29, 0.717) is 0 Å². The molecule has 0 aliphatic carbocycles. The summed E-state index contributed by atoms with van der Waals surface area (Å²) in [5.41, 5.74) is 8.18. The van der Waals surface area contributed by atoms with Crippen LogP contribution in [0.5, 0.6) is 0 Å². The number of imidazole rings is 2. The summed E-state index contributed by atoms with van der Waals surface area (Å²) in [5, 5.41) is 0. The van der Waals surface area contributed by atoms with Crippen LogP contribution in [0.2, 0.25) is 0 Å². The summed E-state index contributed by atoms with van der Waals surface area (Å²) in [6.07, 6.45) is 4.27. The second kappa shape index (κ2) is 7.67. The maximum absolute atomic E-state index is 4.91. The molecule has 4 nitrogen and oxygen atoms in total. The second-order valence-electron chi connectivity index (χ2n) is 7.72. The number of para-hydroxylation sites is 4. The third-order valence-electron chi connectivity index (χ3n) is 5.62. The van der Waals surface area contributed by atoms with Crippen LogP contribution in [-0.4, -0.2) is 19.9 Å². The van der Waals surface area contributed by atoms with E-state index in [2.05, 4.69) is 58.5 Å². The Morgan fingerprint density at radius 3 is 1.88 bits per heavy atom. The number of nitrogens with one attached hydrogen (secondary N) is 2. The quantitative estimate of drug-likeness (QED) is 0.308. The largest absolute Gasteiger partial charge is 0.338 e. The molecule has 2 N–H and O–H groups in total. The van der Waals surface area contributed by atoms with Gasteiger partial charge in [-0.15, -0.1) is 0 Å². The summed E-state index contributed by atoms with van der Waals surface area (Å²) >= 11 is 0. The lowest BCUT2D eigenvalue weighted by Crippen LogP contribution is -1.92. The fourth-order valence-corrected chi connectivity index (χ4v) is 4.07. The van der Waals surface area contributed by atoms with E-state index in [1.54, 1.807) is 0 Å². The smallest absolute Gasteiger partial charge is 0.139 e. The molecule has 6 rings (SSSR count). The predicted molar refractivity (Wildman–Crippen MR) is 132 cm³/mol. The minimum atomic E-state index is 0.829. The van der Waals surface area contributed by atoms with Crippen molar-refractivity contribution in [2.45, 2.75) is 0 Å². The Hall–Kier alpha value is -4.44. The highest BCUT2D eigenvalue weighted by atomic mass is 14.9. The lowest BCUT2D eigenvalue weighted by Gasteiger charge is -2.09. The van der Waals surface area contributed by atoms with Crippen LogP contribution in [-0.2, 0) is 0 Å². The van der Waals surface area contributed by atoms with Crippen LogP contribution in [0.1, 0.15) is 11.1 Å². The Morgan fingerprint density at radius 2 is 1.16 bits per heavy atom. The molecule has 0 aliphatic heterocycles. The van der Waals surface area contributed by atoms with Crippen molar-refractivity contribution in [1.82, 2.24) is 19.9 Å².